The van der Waals surface area contributed by atoms with Crippen molar-refractivity contribution in [3.8, 4) is 0 Å². The maximum Gasteiger partial charge on any atom is 0.253 e. The number of nitrogens with zero attached hydrogens (tertiary/aromatic N) is 1. The van der Waals surface area contributed by atoms with Crippen LogP contribution in [0.15, 0.2) is 134 Å². The number of nitrogens with one attached hydrogen (secondary N) is 1. The summed E-state index contributed by atoms with van der Waals surface area (Å²) in [6.45, 7) is 0. The van der Waals surface area contributed by atoms with E-state index in [1.165, 1.54) is 27.7 Å². The molecule has 0 aliphatic rings. The van der Waals surface area contributed by atoms with Crippen molar-refractivity contribution in [1.29, 1.82) is 0 Å². The number of aryl methyl sites for hydroxylation is 2. The van der Waals surface area contributed by atoms with Crippen molar-refractivity contribution in [2.75, 3.05) is 5.75 Å². The predicted molar refractivity (Wildman–Crippen MR) is 154 cm³/mol. The van der Waals surface area contributed by atoms with E-state index in [1.54, 1.807) is 0 Å². The molecule has 5 aromatic rings. The number of benzene rings is 4. The van der Waals surface area contributed by atoms with Crippen LogP contribution in [-0.2, 0) is 13.5 Å². The third-order valence-electron chi connectivity index (χ3n) is 6.74. The molecule has 2 nitrogen and oxygen atoms in total. The standard InChI is InChI=1S/C24H20B.C7H12N2S/c1-5-13-21(14-6-1)25(22-15-7-2-8-16-22,23-17-9-3-10-18-23)24-19-11-4-12-20-24;1-9-5-4-8-7(9)3-2-6-10/h1-20H;4-5,10H,2-3,6H2,1H3/q-1;/p+1. The molecule has 0 saturated carbocycles. The van der Waals surface area contributed by atoms with Crippen LogP contribution in [0.5, 0.6) is 0 Å². The number of thiol groups is 1. The van der Waals surface area contributed by atoms with Gasteiger partial charge in [0.25, 0.3) is 5.82 Å². The molecule has 5 rings (SSSR count). The maximum atomic E-state index is 4.14. The molecule has 1 heterocycles. The summed E-state index contributed by atoms with van der Waals surface area (Å²) < 4.78 is 2.10. The van der Waals surface area contributed by atoms with Crippen LogP contribution < -0.4 is 26.4 Å². The van der Waals surface area contributed by atoms with Crippen molar-refractivity contribution < 1.29 is 4.57 Å². The lowest BCUT2D eigenvalue weighted by molar-refractivity contribution is -0.677. The number of H-pyrrole nitrogens is 1. The highest BCUT2D eigenvalue weighted by atomic mass is 32.1. The van der Waals surface area contributed by atoms with Gasteiger partial charge in [-0.15, -0.1) is 0 Å². The van der Waals surface area contributed by atoms with Gasteiger partial charge in [0.05, 0.1) is 7.05 Å². The van der Waals surface area contributed by atoms with Crippen LogP contribution in [0, 0.1) is 0 Å². The van der Waals surface area contributed by atoms with Gasteiger partial charge in [-0.2, -0.15) is 34.5 Å². The molecule has 0 spiro atoms. The lowest BCUT2D eigenvalue weighted by Gasteiger charge is -2.44. The summed E-state index contributed by atoms with van der Waals surface area (Å²) in [5.41, 5.74) is 5.36. The molecule has 0 aliphatic heterocycles. The van der Waals surface area contributed by atoms with Crippen molar-refractivity contribution in [3.63, 3.8) is 0 Å². The average Bonchev–Trinajstić information content (AvgIpc) is 3.35. The van der Waals surface area contributed by atoms with E-state index in [4.69, 9.17) is 0 Å². The molecule has 0 bridgehead atoms. The predicted octanol–water partition coefficient (Wildman–Crippen LogP) is 3.77. The number of hydrogen-bond acceptors (Lipinski definition) is 1. The Hall–Kier alpha value is -3.50. The molecule has 1 N–H and O–H groups in total. The first-order valence-electron chi connectivity index (χ1n) is 12.3. The maximum absolute atomic E-state index is 4.14. The second kappa shape index (κ2) is 12.3. The summed E-state index contributed by atoms with van der Waals surface area (Å²) in [6.07, 6.45) is 4.99. The monoisotopic (exact) mass is 476 g/mol. The summed E-state index contributed by atoms with van der Waals surface area (Å²) in [6, 6.07) is 43.5. The fourth-order valence-electron chi connectivity index (χ4n) is 5.05. The van der Waals surface area contributed by atoms with Crippen molar-refractivity contribution in [2.45, 2.75) is 12.8 Å². The minimum absolute atomic E-state index is 0.957. The van der Waals surface area contributed by atoms with Crippen LogP contribution in [0.2, 0.25) is 0 Å². The number of imidazole rings is 1. The van der Waals surface area contributed by atoms with Crippen LogP contribution in [-0.4, -0.2) is 16.9 Å². The van der Waals surface area contributed by atoms with Crippen LogP contribution >= 0.6 is 12.6 Å². The molecule has 35 heavy (non-hydrogen) atoms. The summed E-state index contributed by atoms with van der Waals surface area (Å²) in [4.78, 5) is 3.17. The average molecular weight is 476 g/mol. The van der Waals surface area contributed by atoms with Gasteiger partial charge in [-0.25, -0.2) is 9.55 Å². The Balaban J connectivity index is 0.000000243. The second-order valence-corrected chi connectivity index (χ2v) is 9.30. The molecule has 0 unspecified atom stereocenters. The van der Waals surface area contributed by atoms with Gasteiger partial charge in [-0.05, 0) is 12.2 Å². The first kappa shape index (κ1) is 24.6. The molecule has 4 heteroatoms. The summed E-state index contributed by atoms with van der Waals surface area (Å²) in [7, 11) is 2.05. The molecule has 1 aromatic heterocycles. The van der Waals surface area contributed by atoms with E-state index in [1.807, 2.05) is 19.4 Å². The SMILES string of the molecule is C[n+]1cc[nH]c1CCCS.c1ccc([B-](c2ccccc2)(c2ccccc2)c2ccccc2)cc1. The number of rotatable bonds is 7. The van der Waals surface area contributed by atoms with Crippen LogP contribution in [0.25, 0.3) is 0 Å². The summed E-state index contributed by atoms with van der Waals surface area (Å²) >= 11 is 4.14. The molecule has 4 aromatic carbocycles. The van der Waals surface area contributed by atoms with Gasteiger partial charge >= 0.3 is 0 Å². The smallest absolute Gasteiger partial charge is 0.248 e. The van der Waals surface area contributed by atoms with E-state index in [9.17, 15) is 0 Å². The summed E-state index contributed by atoms with van der Waals surface area (Å²) in [5, 5.41) is 0. The van der Waals surface area contributed by atoms with Gasteiger partial charge in [-0.1, -0.05) is 121 Å². The fourth-order valence-corrected chi connectivity index (χ4v) is 5.21. The minimum Gasteiger partial charge on any atom is -0.248 e. The Kier molecular flexibility index (Phi) is 8.64. The van der Waals surface area contributed by atoms with Gasteiger partial charge < -0.3 is 0 Å². The molecule has 0 atom stereocenters. The molecule has 0 radical (unpaired) electrons. The molecule has 0 amide bonds. The van der Waals surface area contributed by atoms with Crippen LogP contribution in [0.4, 0.5) is 0 Å². The molecular formula is C31H33BN2S. The van der Waals surface area contributed by atoms with Crippen molar-refractivity contribution in [1.82, 2.24) is 4.98 Å². The van der Waals surface area contributed by atoms with Gasteiger partial charge in [-0.3, -0.25) is 0 Å². The number of hydrogen-bond donors (Lipinski definition) is 2. The first-order valence-corrected chi connectivity index (χ1v) is 12.9. The third-order valence-corrected chi connectivity index (χ3v) is 7.06. The molecule has 0 saturated heterocycles. The van der Waals surface area contributed by atoms with Crippen molar-refractivity contribution in [2.24, 2.45) is 7.05 Å². The molecule has 0 aliphatic carbocycles. The zero-order valence-corrected chi connectivity index (χ0v) is 21.2. The Morgan fingerprint density at radius 1 is 0.629 bits per heavy atom. The fraction of sp³-hybridized carbons (Fsp3) is 0.129. The van der Waals surface area contributed by atoms with E-state index < -0.39 is 6.15 Å². The Morgan fingerprint density at radius 3 is 1.29 bits per heavy atom. The minimum atomic E-state index is -1.22. The Bertz CT molecular complexity index is 1110. The Morgan fingerprint density at radius 2 is 1.00 bits per heavy atom. The van der Waals surface area contributed by atoms with E-state index in [2.05, 4.69) is 144 Å². The van der Waals surface area contributed by atoms with Gasteiger partial charge in [0.1, 0.15) is 18.5 Å². The van der Waals surface area contributed by atoms with Gasteiger partial charge in [0.2, 0.25) is 0 Å². The van der Waals surface area contributed by atoms with E-state index in [0.29, 0.717) is 0 Å². The van der Waals surface area contributed by atoms with E-state index in [-0.39, 0.29) is 0 Å². The van der Waals surface area contributed by atoms with Crippen molar-refractivity contribution >= 4 is 40.6 Å². The van der Waals surface area contributed by atoms with Crippen molar-refractivity contribution in [3.05, 3.63) is 140 Å². The molecule has 0 fully saturated rings. The summed E-state index contributed by atoms with van der Waals surface area (Å²) in [5.74, 6) is 2.23. The molecule has 176 valence electrons. The highest BCUT2D eigenvalue weighted by Gasteiger charge is 2.30. The van der Waals surface area contributed by atoms with Gasteiger partial charge in [0, 0.05) is 6.42 Å². The largest absolute Gasteiger partial charge is 0.253 e. The Labute approximate surface area is 215 Å². The highest BCUT2D eigenvalue weighted by molar-refractivity contribution is 7.80. The zero-order valence-electron chi connectivity index (χ0n) is 20.3. The highest BCUT2D eigenvalue weighted by Crippen LogP contribution is 2.09. The number of aromatic nitrogens is 2. The third kappa shape index (κ3) is 5.60. The lowest BCUT2D eigenvalue weighted by atomic mass is 9.13. The second-order valence-electron chi connectivity index (χ2n) is 8.85. The van der Waals surface area contributed by atoms with E-state index >= 15 is 0 Å². The number of aromatic amines is 1. The van der Waals surface area contributed by atoms with Crippen LogP contribution in [0.1, 0.15) is 12.2 Å². The first-order chi connectivity index (χ1) is 17.3. The topological polar surface area (TPSA) is 19.7 Å². The quantitative estimate of drug-likeness (QED) is 0.203. The molecular weight excluding hydrogens is 443 g/mol. The zero-order chi connectivity index (χ0) is 24.3. The van der Waals surface area contributed by atoms with Gasteiger partial charge in [0.15, 0.2) is 0 Å². The van der Waals surface area contributed by atoms with Crippen LogP contribution in [0.3, 0.4) is 0 Å². The normalized spacial score (nSPS) is 10.9. The lowest BCUT2D eigenvalue weighted by Crippen LogP contribution is -2.74. The van der Waals surface area contributed by atoms with E-state index in [0.717, 1.165) is 18.6 Å².